The Morgan fingerprint density at radius 1 is 1.09 bits per heavy atom. The van der Waals surface area contributed by atoms with Crippen LogP contribution in [0.4, 0.5) is 0 Å². The third-order valence-corrected chi connectivity index (χ3v) is 12.1. The molecule has 1 aliphatic heterocycles. The van der Waals surface area contributed by atoms with Gasteiger partial charge in [-0.3, -0.25) is 14.3 Å². The summed E-state index contributed by atoms with van der Waals surface area (Å²) in [4.78, 5) is 26.4. The molecule has 2 N–H and O–H groups in total. The normalized spacial score (nSPS) is 21.0. The summed E-state index contributed by atoms with van der Waals surface area (Å²) in [6, 6.07) is 20.5. The van der Waals surface area contributed by atoms with Gasteiger partial charge in [-0.05, 0) is 38.0 Å². The van der Waals surface area contributed by atoms with E-state index in [1.165, 1.54) is 10.8 Å². The fraction of sp³-hybridized carbons (Fsp3) is 0.360. The molecule has 0 amide bonds. The second-order valence-corrected chi connectivity index (χ2v) is 15.0. The van der Waals surface area contributed by atoms with E-state index in [0.29, 0.717) is 3.57 Å². The van der Waals surface area contributed by atoms with Gasteiger partial charge in [-0.1, -0.05) is 81.4 Å². The molecule has 9 heteroatoms. The number of aliphatic hydroxyl groups is 1. The Hall–Kier alpha value is -2.05. The van der Waals surface area contributed by atoms with E-state index in [9.17, 15) is 14.7 Å². The molecule has 0 radical (unpaired) electrons. The number of aliphatic hydroxyl groups excluding tert-OH is 1. The first-order chi connectivity index (χ1) is 16.1. The number of hydrogen-bond acceptors (Lipinski definition) is 5. The number of nitrogens with one attached hydrogen (secondary N) is 1. The van der Waals surface area contributed by atoms with Crippen molar-refractivity contribution >= 4 is 41.3 Å². The van der Waals surface area contributed by atoms with Gasteiger partial charge in [-0.2, -0.15) is 0 Å². The van der Waals surface area contributed by atoms with Gasteiger partial charge in [0.15, 0.2) is 0 Å². The summed E-state index contributed by atoms with van der Waals surface area (Å²) in [5, 5.41) is 12.9. The SMILES string of the molecule is CC(C)(C)[Si](OC[C@H]1O[C@@H](n2cc(I)c(=O)[nH]c2=O)CC1O)(c1ccccc1)c1ccccc1. The maximum absolute atomic E-state index is 12.3. The van der Waals surface area contributed by atoms with Crippen LogP contribution in [0.1, 0.15) is 33.4 Å². The lowest BCUT2D eigenvalue weighted by Crippen LogP contribution is -2.67. The largest absolute Gasteiger partial charge is 0.405 e. The predicted octanol–water partition coefficient (Wildman–Crippen LogP) is 2.37. The van der Waals surface area contributed by atoms with Crippen molar-refractivity contribution in [2.75, 3.05) is 6.61 Å². The molecule has 3 aromatic rings. The van der Waals surface area contributed by atoms with E-state index in [2.05, 4.69) is 50.0 Å². The number of rotatable bonds is 6. The highest BCUT2D eigenvalue weighted by atomic mass is 127. The third kappa shape index (κ3) is 4.72. The van der Waals surface area contributed by atoms with Crippen LogP contribution >= 0.6 is 22.6 Å². The molecular weight excluding hydrogens is 563 g/mol. The molecule has 0 spiro atoms. The predicted molar refractivity (Wildman–Crippen MR) is 142 cm³/mol. The standard InChI is InChI=1S/C25H29IN2O5Si/c1-25(2,3)34(17-10-6-4-7-11-17,18-12-8-5-9-13-18)32-16-21-20(29)14-22(33-21)28-15-19(26)23(30)27-24(28)31/h4-13,15,20-22,29H,14,16H2,1-3H3,(H,27,30,31)/t20?,21-,22-/m1/s1. The van der Waals surface area contributed by atoms with Crippen LogP contribution in [0.3, 0.4) is 0 Å². The van der Waals surface area contributed by atoms with Crippen LogP contribution < -0.4 is 21.6 Å². The van der Waals surface area contributed by atoms with Crippen LogP contribution in [0, 0.1) is 3.57 Å². The highest BCUT2D eigenvalue weighted by Gasteiger charge is 2.51. The fourth-order valence-electron chi connectivity index (χ4n) is 4.68. The van der Waals surface area contributed by atoms with Crippen LogP contribution in [0.15, 0.2) is 76.4 Å². The Morgan fingerprint density at radius 3 is 2.18 bits per heavy atom. The van der Waals surface area contributed by atoms with Crippen molar-refractivity contribution in [1.29, 1.82) is 0 Å². The van der Waals surface area contributed by atoms with Crippen LogP contribution in [0.5, 0.6) is 0 Å². The second-order valence-electron chi connectivity index (χ2n) is 9.55. The number of H-pyrrole nitrogens is 1. The monoisotopic (exact) mass is 592 g/mol. The van der Waals surface area contributed by atoms with Gasteiger partial charge >= 0.3 is 5.69 Å². The summed E-state index contributed by atoms with van der Waals surface area (Å²) >= 11 is 1.87. The van der Waals surface area contributed by atoms with E-state index in [0.717, 1.165) is 10.4 Å². The molecule has 2 heterocycles. The molecule has 1 saturated heterocycles. The van der Waals surface area contributed by atoms with Gasteiger partial charge in [0, 0.05) is 12.6 Å². The first kappa shape index (κ1) is 25.1. The van der Waals surface area contributed by atoms with Gasteiger partial charge in [0.05, 0.1) is 16.3 Å². The quantitative estimate of drug-likeness (QED) is 0.339. The van der Waals surface area contributed by atoms with Gasteiger partial charge in [0.1, 0.15) is 12.3 Å². The van der Waals surface area contributed by atoms with Crippen molar-refractivity contribution in [2.24, 2.45) is 0 Å². The number of aromatic amines is 1. The molecule has 4 rings (SSSR count). The molecule has 1 fully saturated rings. The van der Waals surface area contributed by atoms with Crippen molar-refractivity contribution < 1.29 is 14.3 Å². The maximum Gasteiger partial charge on any atom is 0.330 e. The minimum Gasteiger partial charge on any atom is -0.405 e. The van der Waals surface area contributed by atoms with Gasteiger partial charge in [-0.15, -0.1) is 0 Å². The zero-order chi connectivity index (χ0) is 24.5. The number of benzene rings is 2. The minimum absolute atomic E-state index is 0.181. The Morgan fingerprint density at radius 2 is 1.65 bits per heavy atom. The van der Waals surface area contributed by atoms with Crippen molar-refractivity contribution in [2.45, 2.75) is 50.7 Å². The number of hydrogen-bond donors (Lipinski definition) is 2. The molecule has 7 nitrogen and oxygen atoms in total. The Balaban J connectivity index is 1.66. The van der Waals surface area contributed by atoms with E-state index in [1.807, 2.05) is 59.0 Å². The van der Waals surface area contributed by atoms with E-state index < -0.39 is 38.0 Å². The molecule has 2 aromatic carbocycles. The topological polar surface area (TPSA) is 93.5 Å². The molecular formula is C25H29IN2O5Si. The van der Waals surface area contributed by atoms with E-state index in [4.69, 9.17) is 9.16 Å². The van der Waals surface area contributed by atoms with Crippen LogP contribution in [-0.4, -0.2) is 41.8 Å². The van der Waals surface area contributed by atoms with Crippen LogP contribution in [-0.2, 0) is 9.16 Å². The zero-order valence-corrected chi connectivity index (χ0v) is 22.6. The third-order valence-electron chi connectivity index (χ3n) is 6.32. The van der Waals surface area contributed by atoms with E-state index in [1.54, 1.807) is 0 Å². The van der Waals surface area contributed by atoms with Crippen molar-refractivity contribution in [3.63, 3.8) is 0 Å². The molecule has 1 aromatic heterocycles. The fourth-order valence-corrected chi connectivity index (χ4v) is 9.68. The highest BCUT2D eigenvalue weighted by Crippen LogP contribution is 2.38. The summed E-state index contributed by atoms with van der Waals surface area (Å²) in [6.07, 6.45) is -0.398. The lowest BCUT2D eigenvalue weighted by Gasteiger charge is -2.43. The molecule has 0 saturated carbocycles. The average molecular weight is 593 g/mol. The van der Waals surface area contributed by atoms with E-state index >= 15 is 0 Å². The molecule has 3 atom stereocenters. The molecule has 34 heavy (non-hydrogen) atoms. The first-order valence-electron chi connectivity index (χ1n) is 11.2. The highest BCUT2D eigenvalue weighted by molar-refractivity contribution is 14.1. The number of ether oxygens (including phenoxy) is 1. The van der Waals surface area contributed by atoms with Crippen molar-refractivity contribution in [3.8, 4) is 0 Å². The summed E-state index contributed by atoms with van der Waals surface area (Å²) in [5.41, 5.74) is -0.997. The van der Waals surface area contributed by atoms with Crippen molar-refractivity contribution in [3.05, 3.63) is 91.3 Å². The summed E-state index contributed by atoms with van der Waals surface area (Å²) in [6.45, 7) is 6.75. The first-order valence-corrected chi connectivity index (χ1v) is 14.2. The van der Waals surface area contributed by atoms with Crippen LogP contribution in [0.2, 0.25) is 5.04 Å². The minimum atomic E-state index is -2.78. The summed E-state index contributed by atoms with van der Waals surface area (Å²) in [5.74, 6) is 0. The summed E-state index contributed by atoms with van der Waals surface area (Å²) in [7, 11) is -2.78. The van der Waals surface area contributed by atoms with Gasteiger partial charge in [-0.25, -0.2) is 4.79 Å². The Kier molecular flexibility index (Phi) is 7.29. The maximum atomic E-state index is 12.3. The lowest BCUT2D eigenvalue weighted by atomic mass is 10.2. The lowest BCUT2D eigenvalue weighted by molar-refractivity contribution is -0.0427. The molecule has 0 bridgehead atoms. The van der Waals surface area contributed by atoms with Gasteiger partial charge < -0.3 is 14.3 Å². The van der Waals surface area contributed by atoms with Gasteiger partial charge in [0.25, 0.3) is 13.9 Å². The molecule has 1 unspecified atom stereocenters. The number of aromatic nitrogens is 2. The Labute approximate surface area is 213 Å². The molecule has 0 aliphatic carbocycles. The number of nitrogens with zero attached hydrogens (tertiary/aromatic N) is 1. The molecule has 1 aliphatic rings. The second kappa shape index (κ2) is 9.90. The van der Waals surface area contributed by atoms with Crippen LogP contribution in [0.25, 0.3) is 0 Å². The summed E-state index contributed by atoms with van der Waals surface area (Å²) < 4.78 is 14.7. The molecule has 180 valence electrons. The zero-order valence-electron chi connectivity index (χ0n) is 19.4. The smallest absolute Gasteiger partial charge is 0.330 e. The average Bonchev–Trinajstić information content (AvgIpc) is 3.17. The number of halogens is 1. The van der Waals surface area contributed by atoms with E-state index in [-0.39, 0.29) is 18.1 Å². The Bertz CT molecular complexity index is 1200. The van der Waals surface area contributed by atoms with Crippen molar-refractivity contribution in [1.82, 2.24) is 9.55 Å². The van der Waals surface area contributed by atoms with Gasteiger partial charge in [0.2, 0.25) is 0 Å².